The molecule has 2 aromatic rings. The van der Waals surface area contributed by atoms with E-state index in [1.807, 2.05) is 35.9 Å². The molecule has 0 unspecified atom stereocenters. The van der Waals surface area contributed by atoms with Crippen LogP contribution in [-0.2, 0) is 11.8 Å². The van der Waals surface area contributed by atoms with Gasteiger partial charge in [0.2, 0.25) is 0 Å². The fraction of sp³-hybridized carbons (Fsp3) is 0.500. The van der Waals surface area contributed by atoms with Gasteiger partial charge in [0.25, 0.3) is 5.91 Å². The summed E-state index contributed by atoms with van der Waals surface area (Å²) in [6, 6.07) is 8.28. The Morgan fingerprint density at radius 3 is 2.62 bits per heavy atom. The van der Waals surface area contributed by atoms with E-state index in [4.69, 9.17) is 9.57 Å². The minimum absolute atomic E-state index is 0.112. The number of imidazole rings is 1. The van der Waals surface area contributed by atoms with E-state index in [1.165, 1.54) is 25.7 Å². The Hall–Kier alpha value is -2.50. The topological polar surface area (TPSA) is 65.4 Å². The number of fused-ring (bicyclic) bond motifs is 4. The Morgan fingerprint density at radius 2 is 1.77 bits per heavy atom. The lowest BCUT2D eigenvalue weighted by Gasteiger charge is -2.13. The van der Waals surface area contributed by atoms with Gasteiger partial charge in [0.1, 0.15) is 5.75 Å². The number of nitrogens with zero attached hydrogens (tertiary/aromatic N) is 2. The summed E-state index contributed by atoms with van der Waals surface area (Å²) >= 11 is 0. The highest BCUT2D eigenvalue weighted by molar-refractivity contribution is 5.75. The van der Waals surface area contributed by atoms with Crippen molar-refractivity contribution < 1.29 is 14.4 Å². The summed E-state index contributed by atoms with van der Waals surface area (Å²) in [6.45, 7) is 0.717. The molecule has 0 radical (unpaired) electrons. The average molecular weight is 357 g/mol. The maximum atomic E-state index is 11.9. The largest absolute Gasteiger partial charge is 0.493 e. The van der Waals surface area contributed by atoms with E-state index in [0.717, 1.165) is 36.3 Å². The molecule has 1 aliphatic heterocycles. The highest BCUT2D eigenvalue weighted by Crippen LogP contribution is 2.31. The number of hydroxylamine groups is 1. The van der Waals surface area contributed by atoms with E-state index in [0.29, 0.717) is 19.0 Å². The summed E-state index contributed by atoms with van der Waals surface area (Å²) in [7, 11) is 1.86. The summed E-state index contributed by atoms with van der Waals surface area (Å²) in [6.07, 6.45) is 9.99. The molecule has 6 heteroatoms. The molecule has 0 spiro atoms. The third kappa shape index (κ3) is 4.77. The maximum Gasteiger partial charge on any atom is 0.323 e. The summed E-state index contributed by atoms with van der Waals surface area (Å²) in [5.41, 5.74) is 4.34. The first-order valence-electron chi connectivity index (χ1n) is 9.45. The molecule has 1 aliphatic rings. The Balaban J connectivity index is 1.79. The van der Waals surface area contributed by atoms with Gasteiger partial charge in [0.15, 0.2) is 0 Å². The molecule has 2 bridgehead atoms. The molecule has 0 aliphatic carbocycles. The number of rotatable bonds is 0. The molecule has 3 rings (SSSR count). The van der Waals surface area contributed by atoms with Crippen LogP contribution in [0.3, 0.4) is 0 Å². The third-order valence-electron chi connectivity index (χ3n) is 4.67. The van der Waals surface area contributed by atoms with Gasteiger partial charge in [0.05, 0.1) is 18.5 Å². The number of carbonyl (C=O) groups excluding carboxylic acids is 1. The number of hydrogen-bond acceptors (Lipinski definition) is 4. The summed E-state index contributed by atoms with van der Waals surface area (Å²) in [4.78, 5) is 21.6. The number of ether oxygens (including phenoxy) is 1. The van der Waals surface area contributed by atoms with Gasteiger partial charge in [-0.25, -0.2) is 4.98 Å². The molecule has 0 atom stereocenters. The fourth-order valence-electron chi connectivity index (χ4n) is 3.15. The number of nitrogens with one attached hydrogen (secondary N) is 1. The first-order valence-corrected chi connectivity index (χ1v) is 9.45. The van der Waals surface area contributed by atoms with Gasteiger partial charge < -0.3 is 9.57 Å². The number of benzene rings is 1. The summed E-state index contributed by atoms with van der Waals surface area (Å²) in [5, 5.41) is 0. The van der Waals surface area contributed by atoms with Crippen molar-refractivity contribution in [3.63, 3.8) is 0 Å². The molecule has 6 nitrogen and oxygen atoms in total. The second kappa shape index (κ2) is 9.27. The molecule has 1 aromatic carbocycles. The highest BCUT2D eigenvalue weighted by Gasteiger charge is 2.15. The van der Waals surface area contributed by atoms with Gasteiger partial charge in [-0.1, -0.05) is 44.2 Å². The predicted molar refractivity (Wildman–Crippen MR) is 99.8 cm³/mol. The van der Waals surface area contributed by atoms with Crippen molar-refractivity contribution in [2.24, 2.45) is 7.05 Å². The van der Waals surface area contributed by atoms with Crippen LogP contribution in [0, 0.1) is 0 Å². The van der Waals surface area contributed by atoms with E-state index >= 15 is 0 Å². The number of para-hydroxylation sites is 1. The molecule has 1 amide bonds. The van der Waals surface area contributed by atoms with Gasteiger partial charge in [-0.2, -0.15) is 5.48 Å². The SMILES string of the molecule is Cn1c2cnc1ONC(=O)CCCCCCCCCOc1ccccc1-2. The second-order valence-corrected chi connectivity index (χ2v) is 6.68. The van der Waals surface area contributed by atoms with E-state index in [9.17, 15) is 4.79 Å². The van der Waals surface area contributed by atoms with Crippen molar-refractivity contribution >= 4 is 5.91 Å². The van der Waals surface area contributed by atoms with Crippen LogP contribution in [-0.4, -0.2) is 22.1 Å². The number of hydrogen-bond donors (Lipinski definition) is 1. The van der Waals surface area contributed by atoms with E-state index in [1.54, 1.807) is 6.20 Å². The number of aromatic nitrogens is 2. The molecular weight excluding hydrogens is 330 g/mol. The van der Waals surface area contributed by atoms with Crippen molar-refractivity contribution in [1.29, 1.82) is 0 Å². The lowest BCUT2D eigenvalue weighted by Crippen LogP contribution is -2.27. The summed E-state index contributed by atoms with van der Waals surface area (Å²) in [5.74, 6) is 0.728. The molecule has 0 saturated heterocycles. The molecule has 2 heterocycles. The van der Waals surface area contributed by atoms with Crippen LogP contribution in [0.5, 0.6) is 11.8 Å². The first-order chi connectivity index (χ1) is 12.8. The number of amides is 1. The van der Waals surface area contributed by atoms with Crippen molar-refractivity contribution in [3.8, 4) is 23.0 Å². The van der Waals surface area contributed by atoms with Crippen molar-refractivity contribution in [2.45, 2.75) is 51.4 Å². The molecule has 26 heavy (non-hydrogen) atoms. The lowest BCUT2D eigenvalue weighted by molar-refractivity contribution is -0.128. The van der Waals surface area contributed by atoms with Crippen molar-refractivity contribution in [3.05, 3.63) is 30.5 Å². The van der Waals surface area contributed by atoms with Crippen molar-refractivity contribution in [1.82, 2.24) is 15.0 Å². The number of carbonyl (C=O) groups is 1. The highest BCUT2D eigenvalue weighted by atomic mass is 16.7. The van der Waals surface area contributed by atoms with Crippen LogP contribution in [0.25, 0.3) is 11.3 Å². The molecular formula is C20H27N3O3. The Labute approximate surface area is 154 Å². The predicted octanol–water partition coefficient (Wildman–Crippen LogP) is 4.01. The quantitative estimate of drug-likeness (QED) is 0.774. The minimum atomic E-state index is -0.112. The Kier molecular flexibility index (Phi) is 6.52. The normalized spacial score (nSPS) is 17.0. The van der Waals surface area contributed by atoms with Crippen LogP contribution < -0.4 is 15.1 Å². The first kappa shape index (κ1) is 18.3. The van der Waals surface area contributed by atoms with E-state index < -0.39 is 0 Å². The molecule has 140 valence electrons. The third-order valence-corrected chi connectivity index (χ3v) is 4.67. The minimum Gasteiger partial charge on any atom is -0.493 e. The zero-order valence-electron chi connectivity index (χ0n) is 15.4. The van der Waals surface area contributed by atoms with E-state index in [2.05, 4.69) is 10.5 Å². The summed E-state index contributed by atoms with van der Waals surface area (Å²) < 4.78 is 7.83. The smallest absolute Gasteiger partial charge is 0.323 e. The second-order valence-electron chi connectivity index (χ2n) is 6.68. The zero-order chi connectivity index (χ0) is 18.2. The average Bonchev–Trinajstić information content (AvgIpc) is 3.01. The molecule has 0 fully saturated rings. The van der Waals surface area contributed by atoms with Gasteiger partial charge >= 0.3 is 6.01 Å². The fourth-order valence-corrected chi connectivity index (χ4v) is 3.15. The Morgan fingerprint density at radius 1 is 1.04 bits per heavy atom. The Bertz CT molecular complexity index is 727. The van der Waals surface area contributed by atoms with Crippen LogP contribution in [0.15, 0.2) is 30.5 Å². The van der Waals surface area contributed by atoms with Crippen LogP contribution in [0.2, 0.25) is 0 Å². The van der Waals surface area contributed by atoms with Gasteiger partial charge in [-0.3, -0.25) is 9.36 Å². The van der Waals surface area contributed by atoms with E-state index in [-0.39, 0.29) is 5.91 Å². The van der Waals surface area contributed by atoms with Gasteiger partial charge in [-0.05, 0) is 25.0 Å². The van der Waals surface area contributed by atoms with Crippen LogP contribution in [0.1, 0.15) is 51.4 Å². The standard InChI is InChI=1S/C20H27N3O3/c1-23-17-15-21-20(23)26-22-19(24)13-7-5-3-2-4-6-10-14-25-18-12-9-8-11-16(17)18/h8-9,11-12,15H,2-7,10,13-14H2,1H3,(H,22,24). The monoisotopic (exact) mass is 357 g/mol. The lowest BCUT2D eigenvalue weighted by atomic mass is 10.1. The molecule has 1 N–H and O–H groups in total. The van der Waals surface area contributed by atoms with Crippen LogP contribution in [0.4, 0.5) is 0 Å². The van der Waals surface area contributed by atoms with Gasteiger partial charge in [0, 0.05) is 19.0 Å². The molecule has 0 saturated carbocycles. The van der Waals surface area contributed by atoms with Gasteiger partial charge in [-0.15, -0.1) is 0 Å². The maximum absolute atomic E-state index is 11.9. The molecule has 1 aromatic heterocycles. The van der Waals surface area contributed by atoms with Crippen molar-refractivity contribution in [2.75, 3.05) is 6.61 Å². The zero-order valence-corrected chi connectivity index (χ0v) is 15.4. The van der Waals surface area contributed by atoms with Crippen LogP contribution >= 0.6 is 0 Å².